The van der Waals surface area contributed by atoms with E-state index in [4.69, 9.17) is 4.74 Å². The first-order valence-electron chi connectivity index (χ1n) is 12.3. The van der Waals surface area contributed by atoms with Gasteiger partial charge in [0.2, 0.25) is 5.91 Å². The number of nitrogens with zero attached hydrogens (tertiary/aromatic N) is 3. The molecule has 3 heterocycles. The molecule has 6 rings (SSSR count). The lowest BCUT2D eigenvalue weighted by Crippen LogP contribution is -2.48. The fourth-order valence-electron chi connectivity index (χ4n) is 7.87. The van der Waals surface area contributed by atoms with Crippen LogP contribution in [0.15, 0.2) is 12.1 Å². The van der Waals surface area contributed by atoms with E-state index in [2.05, 4.69) is 4.90 Å². The van der Waals surface area contributed by atoms with Gasteiger partial charge in [0.1, 0.15) is 11.6 Å². The standard InChI is InChI=1S/C25H31F2N3O3/c1-3-33-23(32)30-21-5-4-16-10-18(13-25(16,21)30)28-8-6-24(7-9-28)14-29(15(2)31)22-19(24)11-17(26)12-20(22)27/h11-12,16,18,21H,3-10,13-14H2,1-2H3. The van der Waals surface area contributed by atoms with Gasteiger partial charge in [-0.05, 0) is 76.1 Å². The Morgan fingerprint density at radius 1 is 1.18 bits per heavy atom. The molecule has 4 unspecified atom stereocenters. The van der Waals surface area contributed by atoms with Crippen LogP contribution >= 0.6 is 0 Å². The number of likely N-dealkylation sites (tertiary alicyclic amines) is 2. The molecule has 0 radical (unpaired) electrons. The van der Waals surface area contributed by atoms with Crippen molar-refractivity contribution >= 4 is 17.7 Å². The van der Waals surface area contributed by atoms with Crippen molar-refractivity contribution < 1.29 is 23.1 Å². The number of halogens is 2. The summed E-state index contributed by atoms with van der Waals surface area (Å²) in [6.45, 7) is 5.78. The van der Waals surface area contributed by atoms with Gasteiger partial charge < -0.3 is 14.5 Å². The molecule has 5 aliphatic rings. The maximum Gasteiger partial charge on any atom is 0.410 e. The first-order valence-corrected chi connectivity index (χ1v) is 12.3. The highest BCUT2D eigenvalue weighted by Gasteiger charge is 2.75. The van der Waals surface area contributed by atoms with Gasteiger partial charge in [-0.3, -0.25) is 9.69 Å². The summed E-state index contributed by atoms with van der Waals surface area (Å²) in [6, 6.07) is 3.06. The zero-order valence-electron chi connectivity index (χ0n) is 19.3. The maximum atomic E-state index is 14.7. The Hall–Kier alpha value is -2.22. The van der Waals surface area contributed by atoms with Crippen molar-refractivity contribution in [2.45, 2.75) is 75.4 Å². The van der Waals surface area contributed by atoms with Gasteiger partial charge in [0.25, 0.3) is 0 Å². The van der Waals surface area contributed by atoms with Gasteiger partial charge in [0.05, 0.1) is 23.9 Å². The van der Waals surface area contributed by atoms with Crippen LogP contribution in [0.1, 0.15) is 57.9 Å². The quantitative estimate of drug-likeness (QED) is 0.631. The minimum atomic E-state index is -0.652. The molecular weight excluding hydrogens is 428 g/mol. The number of benzene rings is 1. The molecule has 4 atom stereocenters. The highest BCUT2D eigenvalue weighted by Crippen LogP contribution is 2.65. The number of piperidine rings is 2. The molecule has 2 amide bonds. The second-order valence-corrected chi connectivity index (χ2v) is 10.6. The largest absolute Gasteiger partial charge is 0.450 e. The van der Waals surface area contributed by atoms with Crippen molar-refractivity contribution in [1.29, 1.82) is 0 Å². The lowest BCUT2D eigenvalue weighted by molar-refractivity contribution is -0.116. The Bertz CT molecular complexity index is 1020. The Labute approximate surface area is 192 Å². The number of hydrogen-bond acceptors (Lipinski definition) is 4. The van der Waals surface area contributed by atoms with Crippen LogP contribution in [0.4, 0.5) is 19.3 Å². The molecule has 4 fully saturated rings. The van der Waals surface area contributed by atoms with Crippen molar-refractivity contribution in [1.82, 2.24) is 9.80 Å². The molecule has 2 aliphatic carbocycles. The highest BCUT2D eigenvalue weighted by atomic mass is 19.1. The summed E-state index contributed by atoms with van der Waals surface area (Å²) in [4.78, 5) is 30.7. The summed E-state index contributed by atoms with van der Waals surface area (Å²) in [5.74, 6) is -0.903. The van der Waals surface area contributed by atoms with Crippen molar-refractivity contribution in [2.24, 2.45) is 5.92 Å². The van der Waals surface area contributed by atoms with Crippen molar-refractivity contribution in [3.05, 3.63) is 29.3 Å². The lowest BCUT2D eigenvalue weighted by atomic mass is 9.74. The second kappa shape index (κ2) is 7.14. The summed E-state index contributed by atoms with van der Waals surface area (Å²) in [6.07, 6.45) is 5.72. The smallest absolute Gasteiger partial charge is 0.410 e. The Morgan fingerprint density at radius 2 is 1.94 bits per heavy atom. The van der Waals surface area contributed by atoms with Crippen LogP contribution in [0, 0.1) is 17.6 Å². The SMILES string of the molecule is CCOC(=O)N1C2CCC3CC(N4CCC5(CC4)CN(C(C)=O)c4c(F)cc(F)cc45)CC321. The number of ether oxygens (including phenoxy) is 1. The van der Waals surface area contributed by atoms with E-state index in [1.54, 1.807) is 0 Å². The van der Waals surface area contributed by atoms with E-state index in [0.717, 1.165) is 51.3 Å². The molecule has 1 aromatic rings. The van der Waals surface area contributed by atoms with Crippen LogP contribution in [0.5, 0.6) is 0 Å². The van der Waals surface area contributed by atoms with E-state index in [0.29, 0.717) is 36.7 Å². The van der Waals surface area contributed by atoms with E-state index in [9.17, 15) is 18.4 Å². The van der Waals surface area contributed by atoms with Crippen LogP contribution in [0.3, 0.4) is 0 Å². The summed E-state index contributed by atoms with van der Waals surface area (Å²) < 4.78 is 34.1. The van der Waals surface area contributed by atoms with Gasteiger partial charge in [-0.2, -0.15) is 0 Å². The predicted octanol–water partition coefficient (Wildman–Crippen LogP) is 3.82. The average Bonchev–Trinajstić information content (AvgIpc) is 3.03. The van der Waals surface area contributed by atoms with Crippen molar-refractivity contribution in [3.63, 3.8) is 0 Å². The van der Waals surface area contributed by atoms with Gasteiger partial charge in [-0.15, -0.1) is 0 Å². The highest BCUT2D eigenvalue weighted by molar-refractivity contribution is 5.95. The Morgan fingerprint density at radius 3 is 2.64 bits per heavy atom. The van der Waals surface area contributed by atoms with Gasteiger partial charge >= 0.3 is 6.09 Å². The summed E-state index contributed by atoms with van der Waals surface area (Å²) >= 11 is 0. The third-order valence-electron chi connectivity index (χ3n) is 9.33. The summed E-state index contributed by atoms with van der Waals surface area (Å²) in [5.41, 5.74) is 0.501. The first-order chi connectivity index (χ1) is 15.8. The van der Waals surface area contributed by atoms with Crippen LogP contribution in [0.2, 0.25) is 0 Å². The number of rotatable bonds is 2. The lowest BCUT2D eigenvalue weighted by Gasteiger charge is -2.42. The van der Waals surface area contributed by atoms with E-state index < -0.39 is 17.0 Å². The molecule has 6 nitrogen and oxygen atoms in total. The second-order valence-electron chi connectivity index (χ2n) is 10.6. The third kappa shape index (κ3) is 2.85. The molecule has 178 valence electrons. The number of carbonyl (C=O) groups is 2. The topological polar surface area (TPSA) is 52.9 Å². The van der Waals surface area contributed by atoms with Crippen LogP contribution in [-0.4, -0.2) is 65.7 Å². The number of carbonyl (C=O) groups excluding carboxylic acids is 2. The van der Waals surface area contributed by atoms with Gasteiger partial charge in [-0.1, -0.05) is 0 Å². The minimum absolute atomic E-state index is 0.0102. The molecule has 3 aliphatic heterocycles. The number of amides is 2. The Kier molecular flexibility index (Phi) is 4.61. The molecule has 33 heavy (non-hydrogen) atoms. The van der Waals surface area contributed by atoms with Gasteiger partial charge in [0, 0.05) is 31.0 Å². The Balaban J connectivity index is 1.19. The van der Waals surface area contributed by atoms with E-state index in [1.807, 2.05) is 11.8 Å². The zero-order valence-corrected chi connectivity index (χ0v) is 19.3. The van der Waals surface area contributed by atoms with Gasteiger partial charge in [0.15, 0.2) is 0 Å². The molecule has 0 aromatic heterocycles. The molecule has 0 N–H and O–H groups in total. The third-order valence-corrected chi connectivity index (χ3v) is 9.33. The van der Waals surface area contributed by atoms with Crippen molar-refractivity contribution in [3.8, 4) is 0 Å². The number of fused-ring (bicyclic) bond motifs is 2. The fourth-order valence-corrected chi connectivity index (χ4v) is 7.87. The number of anilines is 1. The molecule has 2 saturated heterocycles. The van der Waals surface area contributed by atoms with Gasteiger partial charge in [-0.25, -0.2) is 13.6 Å². The molecule has 8 heteroatoms. The van der Waals surface area contributed by atoms with Crippen LogP contribution < -0.4 is 4.90 Å². The first kappa shape index (κ1) is 21.3. The predicted molar refractivity (Wildman–Crippen MR) is 118 cm³/mol. The number of hydrogen-bond donors (Lipinski definition) is 0. The molecular formula is C25H31F2N3O3. The minimum Gasteiger partial charge on any atom is -0.450 e. The van der Waals surface area contributed by atoms with Crippen molar-refractivity contribution in [2.75, 3.05) is 31.1 Å². The molecule has 1 aromatic carbocycles. The van der Waals surface area contributed by atoms with E-state index in [1.165, 1.54) is 24.3 Å². The molecule has 2 spiro atoms. The summed E-state index contributed by atoms with van der Waals surface area (Å²) in [7, 11) is 0. The van der Waals surface area contributed by atoms with E-state index in [-0.39, 0.29) is 23.2 Å². The van der Waals surface area contributed by atoms with Crippen LogP contribution in [0.25, 0.3) is 0 Å². The molecule has 0 bridgehead atoms. The zero-order chi connectivity index (χ0) is 23.1. The normalized spacial score (nSPS) is 33.8. The average molecular weight is 460 g/mol. The fraction of sp³-hybridized carbons (Fsp3) is 0.680. The molecule has 2 saturated carbocycles. The van der Waals surface area contributed by atoms with Crippen LogP contribution in [-0.2, 0) is 14.9 Å². The summed E-state index contributed by atoms with van der Waals surface area (Å²) in [5, 5.41) is 0. The van der Waals surface area contributed by atoms with E-state index >= 15 is 0 Å². The monoisotopic (exact) mass is 459 g/mol. The maximum absolute atomic E-state index is 14.7.